The van der Waals surface area contributed by atoms with Crippen LogP contribution in [0.1, 0.15) is 30.5 Å². The average Bonchev–Trinajstić information content (AvgIpc) is 3.17. The zero-order valence-corrected chi connectivity index (χ0v) is 20.0. The molecule has 3 heterocycles. The fourth-order valence-corrected chi connectivity index (χ4v) is 4.01. The van der Waals surface area contributed by atoms with Crippen molar-refractivity contribution in [2.45, 2.75) is 38.2 Å². The number of hydrogen-bond acceptors (Lipinski definition) is 8. The molecule has 0 atom stereocenters. The van der Waals surface area contributed by atoms with E-state index < -0.39 is 32.8 Å². The van der Waals surface area contributed by atoms with Gasteiger partial charge in [0.25, 0.3) is 0 Å². The number of rotatable bonds is 8. The highest BCUT2D eigenvalue weighted by molar-refractivity contribution is 7.93. The zero-order chi connectivity index (χ0) is 26.1. The van der Waals surface area contributed by atoms with Crippen molar-refractivity contribution in [1.82, 2.24) is 15.0 Å². The van der Waals surface area contributed by atoms with E-state index in [9.17, 15) is 26.4 Å². The van der Waals surface area contributed by atoms with Crippen molar-refractivity contribution >= 4 is 44.9 Å². The number of benzene rings is 1. The van der Waals surface area contributed by atoms with Gasteiger partial charge < -0.3 is 16.0 Å². The summed E-state index contributed by atoms with van der Waals surface area (Å²) < 4.78 is 67.7. The molecule has 0 bridgehead atoms. The van der Waals surface area contributed by atoms with Crippen molar-refractivity contribution in [3.63, 3.8) is 0 Å². The molecule has 14 heteroatoms. The number of amides is 1. The average molecular weight is 522 g/mol. The Morgan fingerprint density at radius 1 is 1.14 bits per heavy atom. The Kier molecular flexibility index (Phi) is 6.71. The van der Waals surface area contributed by atoms with Crippen molar-refractivity contribution < 1.29 is 26.4 Å². The van der Waals surface area contributed by atoms with Gasteiger partial charge in [-0.15, -0.1) is 0 Å². The van der Waals surface area contributed by atoms with Crippen LogP contribution in [0.2, 0.25) is 0 Å². The first-order chi connectivity index (χ1) is 16.9. The molecule has 3 aromatic rings. The molecule has 0 saturated carbocycles. The topological polar surface area (TPSA) is 138 Å². The van der Waals surface area contributed by atoms with Gasteiger partial charge in [0, 0.05) is 35.9 Å². The molecule has 1 aliphatic heterocycles. The van der Waals surface area contributed by atoms with Gasteiger partial charge in [-0.05, 0) is 43.7 Å². The largest absolute Gasteiger partial charge is 0.421 e. The number of pyridine rings is 1. The van der Waals surface area contributed by atoms with E-state index in [1.807, 2.05) is 0 Å². The third-order valence-corrected chi connectivity index (χ3v) is 7.00. The summed E-state index contributed by atoms with van der Waals surface area (Å²) in [5.74, 6) is -0.750. The number of nitrogens with one attached hydrogen (secondary N) is 4. The summed E-state index contributed by atoms with van der Waals surface area (Å²) in [5.41, 5.74) is 1.13. The predicted octanol–water partition coefficient (Wildman–Crippen LogP) is 3.89. The van der Waals surface area contributed by atoms with Gasteiger partial charge in [0.1, 0.15) is 17.2 Å². The Balaban J connectivity index is 1.58. The molecular weight excluding hydrogens is 499 g/mol. The van der Waals surface area contributed by atoms with E-state index in [-0.39, 0.29) is 30.6 Å². The lowest BCUT2D eigenvalue weighted by Crippen LogP contribution is -2.24. The summed E-state index contributed by atoms with van der Waals surface area (Å²) in [4.78, 5) is 23.3. The number of aromatic nitrogens is 3. The second-order valence-electron chi connectivity index (χ2n) is 8.24. The first-order valence-corrected chi connectivity index (χ1v) is 12.3. The monoisotopic (exact) mass is 521 g/mol. The number of sulfonamides is 1. The molecule has 0 radical (unpaired) electrons. The molecular formula is C22H22F3N7O3S. The molecule has 1 aromatic carbocycles. The summed E-state index contributed by atoms with van der Waals surface area (Å²) in [6, 6.07) is 8.07. The van der Waals surface area contributed by atoms with Crippen LogP contribution in [0, 0.1) is 0 Å². The molecule has 0 saturated heterocycles. The quantitative estimate of drug-likeness (QED) is 0.350. The highest BCUT2D eigenvalue weighted by Crippen LogP contribution is 2.35. The molecule has 190 valence electrons. The highest BCUT2D eigenvalue weighted by Gasteiger charge is 2.35. The van der Waals surface area contributed by atoms with E-state index in [1.165, 1.54) is 32.2 Å². The lowest BCUT2D eigenvalue weighted by atomic mass is 10.1. The van der Waals surface area contributed by atoms with Gasteiger partial charge in [-0.3, -0.25) is 9.52 Å². The van der Waals surface area contributed by atoms with Crippen LogP contribution in [0.5, 0.6) is 0 Å². The minimum absolute atomic E-state index is 0.000890. The number of alkyl halides is 3. The minimum Gasteiger partial charge on any atom is -0.365 e. The van der Waals surface area contributed by atoms with Crippen LogP contribution in [0.25, 0.3) is 0 Å². The molecule has 4 rings (SSSR count). The second-order valence-corrected chi connectivity index (χ2v) is 10.5. The maximum absolute atomic E-state index is 13.6. The van der Waals surface area contributed by atoms with Crippen LogP contribution < -0.4 is 20.7 Å². The SMILES string of the molecule is CC(C)S(=O)(=O)Nc1ncccc1CNc1nc(Nc2ccc3c(c2)CC(=O)N3)ncc1C(F)(F)F. The zero-order valence-electron chi connectivity index (χ0n) is 19.1. The van der Waals surface area contributed by atoms with Crippen LogP contribution in [0.4, 0.5) is 42.1 Å². The number of fused-ring (bicyclic) bond motifs is 1. The maximum atomic E-state index is 13.6. The van der Waals surface area contributed by atoms with E-state index in [1.54, 1.807) is 18.2 Å². The Morgan fingerprint density at radius 3 is 2.64 bits per heavy atom. The lowest BCUT2D eigenvalue weighted by Gasteiger charge is -2.17. The summed E-state index contributed by atoms with van der Waals surface area (Å²) in [7, 11) is -3.72. The van der Waals surface area contributed by atoms with Gasteiger partial charge in [0.15, 0.2) is 0 Å². The maximum Gasteiger partial charge on any atom is 0.421 e. The van der Waals surface area contributed by atoms with E-state index in [0.717, 1.165) is 5.56 Å². The molecule has 0 unspecified atom stereocenters. The van der Waals surface area contributed by atoms with Crippen LogP contribution in [0.15, 0.2) is 42.7 Å². The van der Waals surface area contributed by atoms with Crippen LogP contribution in [0.3, 0.4) is 0 Å². The van der Waals surface area contributed by atoms with Gasteiger partial charge in [-0.2, -0.15) is 18.2 Å². The molecule has 36 heavy (non-hydrogen) atoms. The Morgan fingerprint density at radius 2 is 1.92 bits per heavy atom. The fraction of sp³-hybridized carbons (Fsp3) is 0.273. The fourth-order valence-electron chi connectivity index (χ4n) is 3.33. The van der Waals surface area contributed by atoms with E-state index in [4.69, 9.17) is 0 Å². The predicted molar refractivity (Wildman–Crippen MR) is 128 cm³/mol. The van der Waals surface area contributed by atoms with Crippen LogP contribution >= 0.6 is 0 Å². The van der Waals surface area contributed by atoms with Crippen molar-refractivity contribution in [1.29, 1.82) is 0 Å². The first-order valence-electron chi connectivity index (χ1n) is 10.8. The number of anilines is 5. The second kappa shape index (κ2) is 9.60. The first kappa shape index (κ1) is 25.2. The van der Waals surface area contributed by atoms with Crippen molar-refractivity contribution in [2.24, 2.45) is 0 Å². The van der Waals surface area contributed by atoms with Crippen molar-refractivity contribution in [3.8, 4) is 0 Å². The van der Waals surface area contributed by atoms with E-state index in [2.05, 4.69) is 35.6 Å². The number of nitrogens with zero attached hydrogens (tertiary/aromatic N) is 3. The van der Waals surface area contributed by atoms with E-state index in [0.29, 0.717) is 23.1 Å². The Bertz CT molecular complexity index is 1410. The Labute approximate surface area is 204 Å². The van der Waals surface area contributed by atoms with E-state index >= 15 is 0 Å². The number of halogens is 3. The smallest absolute Gasteiger partial charge is 0.365 e. The minimum atomic E-state index is -4.74. The molecule has 4 N–H and O–H groups in total. The summed E-state index contributed by atoms with van der Waals surface area (Å²) in [6.07, 6.45) is -2.52. The summed E-state index contributed by atoms with van der Waals surface area (Å²) in [5, 5.41) is 7.43. The number of carbonyl (C=O) groups is 1. The third kappa shape index (κ3) is 5.64. The molecule has 1 amide bonds. The van der Waals surface area contributed by atoms with Gasteiger partial charge in [-0.1, -0.05) is 6.07 Å². The van der Waals surface area contributed by atoms with Gasteiger partial charge in [0.05, 0.1) is 11.7 Å². The molecule has 10 nitrogen and oxygen atoms in total. The standard InChI is InChI=1S/C22H22F3N7O3S/c1-12(2)36(34,35)32-19-13(4-3-7-26-19)10-27-20-16(22(23,24)25)11-28-21(31-20)29-15-5-6-17-14(8-15)9-18(33)30-17/h3-8,11-12H,9-10H2,1-2H3,(H,26,32)(H,30,33)(H2,27,28,29,31). The third-order valence-electron chi connectivity index (χ3n) is 5.28. The lowest BCUT2D eigenvalue weighted by molar-refractivity contribution is -0.137. The molecule has 0 fully saturated rings. The number of carbonyl (C=O) groups excluding carboxylic acids is 1. The Hall–Kier alpha value is -3.94. The van der Waals surface area contributed by atoms with Crippen LogP contribution in [-0.2, 0) is 34.0 Å². The normalized spacial score (nSPS) is 13.3. The summed E-state index contributed by atoms with van der Waals surface area (Å²) in [6.45, 7) is 2.78. The van der Waals surface area contributed by atoms with Crippen LogP contribution in [-0.4, -0.2) is 34.5 Å². The highest BCUT2D eigenvalue weighted by atomic mass is 32.2. The van der Waals surface area contributed by atoms with Crippen molar-refractivity contribution in [3.05, 3.63) is 59.4 Å². The molecule has 0 aliphatic carbocycles. The molecule has 0 spiro atoms. The van der Waals surface area contributed by atoms with Gasteiger partial charge >= 0.3 is 6.18 Å². The number of hydrogen-bond donors (Lipinski definition) is 4. The molecule has 2 aromatic heterocycles. The summed E-state index contributed by atoms with van der Waals surface area (Å²) >= 11 is 0. The van der Waals surface area contributed by atoms with Gasteiger partial charge in [-0.25, -0.2) is 18.4 Å². The van der Waals surface area contributed by atoms with Crippen molar-refractivity contribution in [2.75, 3.05) is 20.7 Å². The molecule has 1 aliphatic rings. The van der Waals surface area contributed by atoms with Gasteiger partial charge in [0.2, 0.25) is 21.9 Å².